The molecular formula is C17H26BrF2N. The molecule has 1 aromatic rings. The highest BCUT2D eigenvalue weighted by atomic mass is 79.9. The van der Waals surface area contributed by atoms with Crippen LogP contribution in [-0.2, 0) is 0 Å². The lowest BCUT2D eigenvalue weighted by molar-refractivity contribution is 0.275. The summed E-state index contributed by atoms with van der Waals surface area (Å²) in [6.07, 6.45) is 1.85. The van der Waals surface area contributed by atoms with Crippen LogP contribution in [0.15, 0.2) is 16.6 Å². The molecular weight excluding hydrogens is 336 g/mol. The predicted octanol–water partition coefficient (Wildman–Crippen LogP) is 5.84. The second kappa shape index (κ2) is 7.68. The van der Waals surface area contributed by atoms with Crippen molar-refractivity contribution in [2.45, 2.75) is 53.5 Å². The Morgan fingerprint density at radius 2 is 1.81 bits per heavy atom. The van der Waals surface area contributed by atoms with Gasteiger partial charge < -0.3 is 5.32 Å². The van der Waals surface area contributed by atoms with Crippen molar-refractivity contribution in [2.24, 2.45) is 11.3 Å². The van der Waals surface area contributed by atoms with E-state index < -0.39 is 5.82 Å². The van der Waals surface area contributed by atoms with E-state index in [0.717, 1.165) is 19.4 Å². The van der Waals surface area contributed by atoms with E-state index in [1.54, 1.807) is 0 Å². The smallest absolute Gasteiger partial charge is 0.137 e. The van der Waals surface area contributed by atoms with Crippen molar-refractivity contribution in [3.8, 4) is 0 Å². The number of hydrogen-bond acceptors (Lipinski definition) is 1. The van der Waals surface area contributed by atoms with E-state index in [2.05, 4.69) is 48.9 Å². The summed E-state index contributed by atoms with van der Waals surface area (Å²) in [5.74, 6) is -0.352. The maximum absolute atomic E-state index is 14.2. The molecule has 1 rings (SSSR count). The molecule has 1 N–H and O–H groups in total. The Balaban J connectivity index is 2.94. The summed E-state index contributed by atoms with van der Waals surface area (Å²) in [7, 11) is 0. The summed E-state index contributed by atoms with van der Waals surface area (Å²) in [4.78, 5) is 0. The van der Waals surface area contributed by atoms with Crippen LogP contribution in [0.1, 0.15) is 59.1 Å². The van der Waals surface area contributed by atoms with Crippen molar-refractivity contribution in [3.05, 3.63) is 33.8 Å². The maximum Gasteiger partial charge on any atom is 0.137 e. The normalized spacial score (nSPS) is 15.0. The van der Waals surface area contributed by atoms with E-state index in [1.165, 1.54) is 12.1 Å². The number of benzene rings is 1. The van der Waals surface area contributed by atoms with Gasteiger partial charge in [0, 0.05) is 11.6 Å². The lowest BCUT2D eigenvalue weighted by Crippen LogP contribution is -2.25. The first-order valence-corrected chi connectivity index (χ1v) is 8.31. The first-order valence-electron chi connectivity index (χ1n) is 7.52. The zero-order chi connectivity index (χ0) is 16.2. The predicted molar refractivity (Wildman–Crippen MR) is 88.3 cm³/mol. The first kappa shape index (κ1) is 18.6. The van der Waals surface area contributed by atoms with Crippen LogP contribution in [0.5, 0.6) is 0 Å². The highest BCUT2D eigenvalue weighted by Crippen LogP contribution is 2.32. The third-order valence-electron chi connectivity index (χ3n) is 3.46. The van der Waals surface area contributed by atoms with E-state index in [1.807, 2.05) is 6.92 Å². The van der Waals surface area contributed by atoms with E-state index in [-0.39, 0.29) is 21.7 Å². The van der Waals surface area contributed by atoms with Gasteiger partial charge >= 0.3 is 0 Å². The van der Waals surface area contributed by atoms with E-state index in [0.29, 0.717) is 11.5 Å². The minimum Gasteiger partial charge on any atom is -0.310 e. The fourth-order valence-electron chi connectivity index (χ4n) is 2.90. The first-order chi connectivity index (χ1) is 9.64. The molecule has 4 heteroatoms. The van der Waals surface area contributed by atoms with Gasteiger partial charge in [-0.2, -0.15) is 0 Å². The highest BCUT2D eigenvalue weighted by molar-refractivity contribution is 9.10. The Morgan fingerprint density at radius 1 is 1.19 bits per heavy atom. The molecule has 2 unspecified atom stereocenters. The van der Waals surface area contributed by atoms with Gasteiger partial charge in [0.25, 0.3) is 0 Å². The molecule has 0 spiro atoms. The third-order valence-corrected chi connectivity index (χ3v) is 4.07. The van der Waals surface area contributed by atoms with Gasteiger partial charge in [-0.1, -0.05) is 34.6 Å². The van der Waals surface area contributed by atoms with Gasteiger partial charge in [-0.05, 0) is 58.8 Å². The van der Waals surface area contributed by atoms with Crippen LogP contribution in [0.25, 0.3) is 0 Å². The molecule has 0 aliphatic rings. The van der Waals surface area contributed by atoms with Crippen LogP contribution in [0.4, 0.5) is 8.78 Å². The number of rotatable bonds is 6. The largest absolute Gasteiger partial charge is 0.310 e. The van der Waals surface area contributed by atoms with E-state index in [4.69, 9.17) is 0 Å². The maximum atomic E-state index is 14.2. The van der Waals surface area contributed by atoms with Gasteiger partial charge in [-0.25, -0.2) is 8.78 Å². The van der Waals surface area contributed by atoms with Crippen molar-refractivity contribution in [1.82, 2.24) is 5.32 Å². The van der Waals surface area contributed by atoms with Crippen molar-refractivity contribution in [3.63, 3.8) is 0 Å². The lowest BCUT2D eigenvalue weighted by Gasteiger charge is -2.27. The summed E-state index contributed by atoms with van der Waals surface area (Å²) in [6, 6.07) is 2.36. The van der Waals surface area contributed by atoms with Gasteiger partial charge in [0.05, 0.1) is 4.47 Å². The topological polar surface area (TPSA) is 12.0 Å². The standard InChI is InChI=1S/C17H26BrF2N/c1-6-21-16(7-11(2)10-17(3,4)5)12-8-15(20)13(18)9-14(12)19/h8-9,11,16,21H,6-7,10H2,1-5H3. The lowest BCUT2D eigenvalue weighted by atomic mass is 9.82. The van der Waals surface area contributed by atoms with Crippen LogP contribution in [-0.4, -0.2) is 6.54 Å². The molecule has 21 heavy (non-hydrogen) atoms. The molecule has 120 valence electrons. The summed E-state index contributed by atoms with van der Waals surface area (Å²) in [5, 5.41) is 3.28. The summed E-state index contributed by atoms with van der Waals surface area (Å²) >= 11 is 3.02. The molecule has 0 heterocycles. The second-order valence-corrected chi connectivity index (χ2v) is 7.86. The highest BCUT2D eigenvalue weighted by Gasteiger charge is 2.22. The fraction of sp³-hybridized carbons (Fsp3) is 0.647. The van der Waals surface area contributed by atoms with Crippen LogP contribution >= 0.6 is 15.9 Å². The Kier molecular flexibility index (Phi) is 6.79. The van der Waals surface area contributed by atoms with Gasteiger partial charge in [0.15, 0.2) is 0 Å². The SMILES string of the molecule is CCNC(CC(C)CC(C)(C)C)c1cc(F)c(Br)cc1F. The number of halogens is 3. The molecule has 1 nitrogen and oxygen atoms in total. The summed E-state index contributed by atoms with van der Waals surface area (Å²) in [5.41, 5.74) is 0.651. The van der Waals surface area contributed by atoms with Crippen molar-refractivity contribution in [2.75, 3.05) is 6.54 Å². The monoisotopic (exact) mass is 361 g/mol. The van der Waals surface area contributed by atoms with E-state index in [9.17, 15) is 8.78 Å². The zero-order valence-electron chi connectivity index (χ0n) is 13.6. The second-order valence-electron chi connectivity index (χ2n) is 7.00. The quantitative estimate of drug-likeness (QED) is 0.627. The Hall–Kier alpha value is -0.480. The molecule has 0 saturated heterocycles. The minimum absolute atomic E-state index is 0.157. The molecule has 0 aromatic heterocycles. The molecule has 0 amide bonds. The minimum atomic E-state index is -0.419. The molecule has 0 radical (unpaired) electrons. The fourth-order valence-corrected chi connectivity index (χ4v) is 3.22. The summed E-state index contributed by atoms with van der Waals surface area (Å²) < 4.78 is 28.1. The molecule has 2 atom stereocenters. The van der Waals surface area contributed by atoms with Crippen LogP contribution in [0.3, 0.4) is 0 Å². The Morgan fingerprint density at radius 3 is 2.33 bits per heavy atom. The number of hydrogen-bond donors (Lipinski definition) is 1. The third kappa shape index (κ3) is 6.03. The molecule has 0 bridgehead atoms. The number of nitrogens with one attached hydrogen (secondary N) is 1. The zero-order valence-corrected chi connectivity index (χ0v) is 15.2. The van der Waals surface area contributed by atoms with Crippen molar-refractivity contribution < 1.29 is 8.78 Å². The Labute approximate surface area is 135 Å². The molecule has 1 aromatic carbocycles. The van der Waals surface area contributed by atoms with Gasteiger partial charge in [0.2, 0.25) is 0 Å². The van der Waals surface area contributed by atoms with Crippen LogP contribution < -0.4 is 5.32 Å². The molecule has 0 saturated carbocycles. The average Bonchev–Trinajstić information content (AvgIpc) is 2.31. The van der Waals surface area contributed by atoms with E-state index >= 15 is 0 Å². The van der Waals surface area contributed by atoms with Crippen LogP contribution in [0.2, 0.25) is 0 Å². The van der Waals surface area contributed by atoms with Gasteiger partial charge in [0.1, 0.15) is 11.6 Å². The molecule has 0 aliphatic carbocycles. The van der Waals surface area contributed by atoms with Gasteiger partial charge in [-0.15, -0.1) is 0 Å². The van der Waals surface area contributed by atoms with Gasteiger partial charge in [-0.3, -0.25) is 0 Å². The summed E-state index contributed by atoms with van der Waals surface area (Å²) in [6.45, 7) is 11.5. The van der Waals surface area contributed by atoms with Crippen molar-refractivity contribution in [1.29, 1.82) is 0 Å². The molecule has 0 fully saturated rings. The van der Waals surface area contributed by atoms with Crippen molar-refractivity contribution >= 4 is 15.9 Å². The molecule has 0 aliphatic heterocycles. The van der Waals surface area contributed by atoms with Crippen LogP contribution in [0, 0.1) is 23.0 Å². The Bertz CT molecular complexity index is 469. The average molecular weight is 362 g/mol.